The van der Waals surface area contributed by atoms with Crippen molar-refractivity contribution in [2.24, 2.45) is 0 Å². The van der Waals surface area contributed by atoms with Crippen LogP contribution in [0.2, 0.25) is 0 Å². The maximum atomic E-state index is 9.92. The van der Waals surface area contributed by atoms with E-state index in [2.05, 4.69) is 10.3 Å². The van der Waals surface area contributed by atoms with Gasteiger partial charge in [0.05, 0.1) is 0 Å². The summed E-state index contributed by atoms with van der Waals surface area (Å²) in [6.45, 7) is 0. The van der Waals surface area contributed by atoms with E-state index < -0.39 is 4.92 Å². The van der Waals surface area contributed by atoms with Crippen molar-refractivity contribution < 1.29 is 20.7 Å². The van der Waals surface area contributed by atoms with Crippen molar-refractivity contribution in [3.63, 3.8) is 0 Å². The van der Waals surface area contributed by atoms with Gasteiger partial charge in [-0.15, -0.1) is 0 Å². The Labute approximate surface area is 61.7 Å². The van der Waals surface area contributed by atoms with Crippen molar-refractivity contribution in [2.45, 2.75) is 0 Å². The van der Waals surface area contributed by atoms with E-state index in [0.717, 1.165) is 0 Å². The molecule has 11 heavy (non-hydrogen) atoms. The SMILES string of the molecule is O.O.O=[N+]([O-])C1=CC=CON1. The monoisotopic (exact) mass is 164 g/mol. The number of hydrogen-bond acceptors (Lipinski definition) is 4. The van der Waals surface area contributed by atoms with E-state index >= 15 is 0 Å². The molecule has 0 aromatic rings. The topological polar surface area (TPSA) is 127 Å². The zero-order valence-electron chi connectivity index (χ0n) is 5.40. The van der Waals surface area contributed by atoms with Gasteiger partial charge in [0.25, 0.3) is 0 Å². The van der Waals surface area contributed by atoms with Gasteiger partial charge < -0.3 is 25.9 Å². The predicted molar refractivity (Wildman–Crippen MR) is 35.7 cm³/mol. The lowest BCUT2D eigenvalue weighted by molar-refractivity contribution is -0.440. The second-order valence-electron chi connectivity index (χ2n) is 1.36. The van der Waals surface area contributed by atoms with E-state index in [1.165, 1.54) is 18.4 Å². The van der Waals surface area contributed by atoms with Gasteiger partial charge in [0, 0.05) is 6.08 Å². The maximum Gasteiger partial charge on any atom is 0.354 e. The molecule has 0 aromatic carbocycles. The largest absolute Gasteiger partial charge is 0.412 e. The molecule has 1 heterocycles. The lowest BCUT2D eigenvalue weighted by Crippen LogP contribution is -2.19. The van der Waals surface area contributed by atoms with E-state index in [1.54, 1.807) is 0 Å². The van der Waals surface area contributed by atoms with Gasteiger partial charge in [-0.2, -0.15) is 0 Å². The first kappa shape index (κ1) is 12.1. The molecule has 0 unspecified atom stereocenters. The molecule has 0 saturated heterocycles. The molecular formula is C4H8N2O5. The van der Waals surface area contributed by atoms with Crippen LogP contribution < -0.4 is 5.48 Å². The zero-order chi connectivity index (χ0) is 6.69. The second-order valence-corrected chi connectivity index (χ2v) is 1.36. The van der Waals surface area contributed by atoms with Crippen LogP contribution in [-0.2, 0) is 4.84 Å². The second kappa shape index (κ2) is 5.21. The predicted octanol–water partition coefficient (Wildman–Crippen LogP) is -1.50. The Morgan fingerprint density at radius 3 is 2.45 bits per heavy atom. The summed E-state index contributed by atoms with van der Waals surface area (Å²) in [7, 11) is 0. The molecule has 0 aromatic heterocycles. The minimum atomic E-state index is -0.566. The summed E-state index contributed by atoms with van der Waals surface area (Å²) in [5.41, 5.74) is 2.09. The van der Waals surface area contributed by atoms with Gasteiger partial charge in [-0.1, -0.05) is 5.48 Å². The molecule has 0 bridgehead atoms. The van der Waals surface area contributed by atoms with Crippen molar-refractivity contribution in [3.05, 3.63) is 34.3 Å². The van der Waals surface area contributed by atoms with E-state index in [0.29, 0.717) is 0 Å². The van der Waals surface area contributed by atoms with E-state index in [4.69, 9.17) is 0 Å². The summed E-state index contributed by atoms with van der Waals surface area (Å²) < 4.78 is 0. The van der Waals surface area contributed by atoms with Gasteiger partial charge >= 0.3 is 5.82 Å². The first-order valence-corrected chi connectivity index (χ1v) is 2.23. The third-order valence-electron chi connectivity index (χ3n) is 0.761. The highest BCUT2D eigenvalue weighted by Crippen LogP contribution is 1.95. The van der Waals surface area contributed by atoms with Crippen LogP contribution in [0, 0.1) is 10.1 Å². The van der Waals surface area contributed by atoms with Crippen molar-refractivity contribution in [1.29, 1.82) is 0 Å². The average molecular weight is 164 g/mol. The molecule has 0 amide bonds. The van der Waals surface area contributed by atoms with Gasteiger partial charge in [-0.25, -0.2) is 0 Å². The summed E-state index contributed by atoms with van der Waals surface area (Å²) in [6, 6.07) is 0. The first-order valence-electron chi connectivity index (χ1n) is 2.23. The van der Waals surface area contributed by atoms with Gasteiger partial charge in [0.1, 0.15) is 6.26 Å². The Morgan fingerprint density at radius 2 is 2.18 bits per heavy atom. The summed E-state index contributed by atoms with van der Waals surface area (Å²) in [5.74, 6) is -0.155. The number of hydroxylamine groups is 1. The minimum absolute atomic E-state index is 0. The van der Waals surface area contributed by atoms with Crippen LogP contribution in [-0.4, -0.2) is 15.9 Å². The summed E-state index contributed by atoms with van der Waals surface area (Å²) in [4.78, 5) is 13.8. The molecule has 64 valence electrons. The Hall–Kier alpha value is -1.60. The number of rotatable bonds is 1. The summed E-state index contributed by atoms with van der Waals surface area (Å²) in [6.07, 6.45) is 4.06. The smallest absolute Gasteiger partial charge is 0.354 e. The fourth-order valence-corrected chi connectivity index (χ4v) is 0.396. The van der Waals surface area contributed by atoms with Crippen LogP contribution in [0.4, 0.5) is 0 Å². The Balaban J connectivity index is 0. The third-order valence-corrected chi connectivity index (χ3v) is 0.761. The van der Waals surface area contributed by atoms with Gasteiger partial charge in [0.15, 0.2) is 0 Å². The molecule has 1 rings (SSSR count). The van der Waals surface area contributed by atoms with Crippen LogP contribution >= 0.6 is 0 Å². The normalized spacial score (nSPS) is 12.5. The third kappa shape index (κ3) is 3.18. The molecule has 7 heteroatoms. The van der Waals surface area contributed by atoms with Crippen LogP contribution in [0.25, 0.3) is 0 Å². The number of nitro groups is 1. The molecule has 5 N–H and O–H groups in total. The van der Waals surface area contributed by atoms with Crippen molar-refractivity contribution in [2.75, 3.05) is 0 Å². The zero-order valence-corrected chi connectivity index (χ0v) is 5.40. The molecule has 0 saturated carbocycles. The van der Waals surface area contributed by atoms with Crippen LogP contribution in [0.15, 0.2) is 24.2 Å². The minimum Gasteiger partial charge on any atom is -0.412 e. The molecule has 0 radical (unpaired) electrons. The first-order chi connectivity index (χ1) is 4.30. The van der Waals surface area contributed by atoms with Crippen molar-refractivity contribution in [1.82, 2.24) is 5.48 Å². The van der Waals surface area contributed by atoms with Crippen LogP contribution in [0.5, 0.6) is 0 Å². The van der Waals surface area contributed by atoms with Gasteiger partial charge in [-0.05, 0) is 11.0 Å². The Bertz CT molecular complexity index is 187. The Morgan fingerprint density at radius 1 is 1.55 bits per heavy atom. The maximum absolute atomic E-state index is 9.92. The van der Waals surface area contributed by atoms with Crippen LogP contribution in [0.1, 0.15) is 0 Å². The lowest BCUT2D eigenvalue weighted by atomic mass is 10.5. The molecule has 1 aliphatic rings. The van der Waals surface area contributed by atoms with Crippen molar-refractivity contribution in [3.8, 4) is 0 Å². The highest BCUT2D eigenvalue weighted by Gasteiger charge is 2.08. The fourth-order valence-electron chi connectivity index (χ4n) is 0.396. The molecule has 0 aliphatic carbocycles. The summed E-state index contributed by atoms with van der Waals surface area (Å²) >= 11 is 0. The molecule has 7 nitrogen and oxygen atoms in total. The highest BCUT2D eigenvalue weighted by molar-refractivity contribution is 5.05. The van der Waals surface area contributed by atoms with Crippen molar-refractivity contribution >= 4 is 0 Å². The van der Waals surface area contributed by atoms with E-state index in [9.17, 15) is 10.1 Å². The average Bonchev–Trinajstić information content (AvgIpc) is 1.90. The molecule has 0 fully saturated rings. The molecule has 0 atom stereocenters. The van der Waals surface area contributed by atoms with E-state index in [-0.39, 0.29) is 16.8 Å². The molecule has 1 aliphatic heterocycles. The lowest BCUT2D eigenvalue weighted by Gasteiger charge is -2.01. The number of nitrogens with one attached hydrogen (secondary N) is 1. The Kier molecular flexibility index (Phi) is 5.73. The van der Waals surface area contributed by atoms with E-state index in [1.807, 2.05) is 0 Å². The highest BCUT2D eigenvalue weighted by atomic mass is 16.7. The number of hydrogen-bond donors (Lipinski definition) is 1. The fraction of sp³-hybridized carbons (Fsp3) is 0. The standard InChI is InChI=1S/C4H4N2O3.2H2O/c7-6(8)4-2-1-3-9-5-4;;/h1-3,5H;2*1H2. The number of nitrogens with zero attached hydrogens (tertiary/aromatic N) is 1. The quantitative estimate of drug-likeness (QED) is 0.373. The summed E-state index contributed by atoms with van der Waals surface area (Å²) in [5, 5.41) is 9.92. The number of allylic oxidation sites excluding steroid dienone is 2. The molecule has 0 spiro atoms. The molecular weight excluding hydrogens is 156 g/mol. The van der Waals surface area contributed by atoms with Crippen LogP contribution in [0.3, 0.4) is 0 Å². The van der Waals surface area contributed by atoms with Gasteiger partial charge in [-0.3, -0.25) is 0 Å². The van der Waals surface area contributed by atoms with Gasteiger partial charge in [0.2, 0.25) is 0 Å².